The van der Waals surface area contributed by atoms with E-state index in [4.69, 9.17) is 0 Å². The van der Waals surface area contributed by atoms with Gasteiger partial charge in [-0.3, -0.25) is 9.69 Å². The van der Waals surface area contributed by atoms with E-state index in [1.807, 2.05) is 9.58 Å². The number of amides is 1. The number of nitrogens with zero attached hydrogens (tertiary/aromatic N) is 5. The van der Waals surface area contributed by atoms with Crippen molar-refractivity contribution in [1.82, 2.24) is 24.6 Å². The van der Waals surface area contributed by atoms with Gasteiger partial charge in [-0.1, -0.05) is 6.42 Å². The molecular weight excluding hydrogens is 254 g/mol. The number of hydrogen-bond donors (Lipinski definition) is 0. The minimum Gasteiger partial charge on any atom is -0.339 e. The second kappa shape index (κ2) is 5.91. The highest BCUT2D eigenvalue weighted by atomic mass is 16.2. The van der Waals surface area contributed by atoms with Crippen molar-refractivity contribution in [1.29, 1.82) is 0 Å². The summed E-state index contributed by atoms with van der Waals surface area (Å²) in [4.78, 5) is 21.0. The number of rotatable bonds is 2. The van der Waals surface area contributed by atoms with Gasteiger partial charge < -0.3 is 4.90 Å². The van der Waals surface area contributed by atoms with Gasteiger partial charge in [0.15, 0.2) is 0 Å². The van der Waals surface area contributed by atoms with Crippen molar-refractivity contribution in [3.63, 3.8) is 0 Å². The van der Waals surface area contributed by atoms with Crippen molar-refractivity contribution in [2.24, 2.45) is 0 Å². The molecule has 2 saturated heterocycles. The summed E-state index contributed by atoms with van der Waals surface area (Å²) in [6.07, 6.45) is 8.82. The molecule has 0 bridgehead atoms. The first-order valence-corrected chi connectivity index (χ1v) is 7.59. The molecule has 20 heavy (non-hydrogen) atoms. The summed E-state index contributed by atoms with van der Waals surface area (Å²) in [6.45, 7) is 2.69. The van der Waals surface area contributed by atoms with E-state index in [1.54, 1.807) is 12.7 Å². The number of likely N-dealkylation sites (tertiary alicyclic amines) is 2. The quantitative estimate of drug-likeness (QED) is 0.807. The number of piperidine rings is 2. The van der Waals surface area contributed by atoms with Crippen LogP contribution in [0.4, 0.5) is 0 Å². The average molecular weight is 277 g/mol. The van der Waals surface area contributed by atoms with Crippen LogP contribution in [0, 0.1) is 0 Å². The Hall–Kier alpha value is -1.43. The Bertz CT molecular complexity index is 446. The van der Waals surface area contributed by atoms with Crippen LogP contribution in [0.1, 0.15) is 38.1 Å². The van der Waals surface area contributed by atoms with Crippen LogP contribution in [0.5, 0.6) is 0 Å². The molecule has 110 valence electrons. The van der Waals surface area contributed by atoms with Crippen molar-refractivity contribution in [3.05, 3.63) is 12.7 Å². The van der Waals surface area contributed by atoms with Crippen LogP contribution in [0.15, 0.2) is 12.7 Å². The predicted molar refractivity (Wildman–Crippen MR) is 75.1 cm³/mol. The Morgan fingerprint density at radius 3 is 2.85 bits per heavy atom. The molecule has 0 N–H and O–H groups in total. The third kappa shape index (κ3) is 2.70. The molecule has 1 aromatic heterocycles. The van der Waals surface area contributed by atoms with Crippen LogP contribution in [-0.2, 0) is 4.79 Å². The summed E-state index contributed by atoms with van der Waals surface area (Å²) < 4.78 is 1.89. The molecule has 1 aromatic rings. The third-order valence-electron chi connectivity index (χ3n) is 4.57. The van der Waals surface area contributed by atoms with Gasteiger partial charge in [0.1, 0.15) is 12.7 Å². The van der Waals surface area contributed by atoms with Crippen LogP contribution in [0.25, 0.3) is 0 Å². The van der Waals surface area contributed by atoms with Crippen LogP contribution in [-0.4, -0.2) is 63.2 Å². The molecule has 2 aliphatic heterocycles. The normalized spacial score (nSPS) is 28.6. The van der Waals surface area contributed by atoms with Crippen LogP contribution in [0.2, 0.25) is 0 Å². The highest BCUT2D eigenvalue weighted by Crippen LogP contribution is 2.23. The van der Waals surface area contributed by atoms with Crippen molar-refractivity contribution in [3.8, 4) is 0 Å². The maximum absolute atomic E-state index is 12.7. The zero-order valence-corrected chi connectivity index (χ0v) is 12.1. The summed E-state index contributed by atoms with van der Waals surface area (Å²) in [6, 6.07) is 0.363. The second-order valence-corrected chi connectivity index (χ2v) is 5.95. The molecule has 3 rings (SSSR count). The smallest absolute Gasteiger partial charge is 0.239 e. The molecule has 0 saturated carbocycles. The van der Waals surface area contributed by atoms with Crippen molar-refractivity contribution in [2.75, 3.05) is 26.7 Å². The molecule has 0 unspecified atom stereocenters. The summed E-state index contributed by atoms with van der Waals surface area (Å²) >= 11 is 0. The van der Waals surface area contributed by atoms with E-state index >= 15 is 0 Å². The van der Waals surface area contributed by atoms with Gasteiger partial charge in [-0.25, -0.2) is 9.67 Å². The van der Waals surface area contributed by atoms with E-state index in [2.05, 4.69) is 22.0 Å². The van der Waals surface area contributed by atoms with Crippen LogP contribution in [0.3, 0.4) is 0 Å². The standard InChI is InChI=1S/C14H23N5O/c1-17-7-3-2-6-13(17)14(20)18-8-4-5-12(9-18)19-11-15-10-16-19/h10-13H,2-9H2,1H3/t12-,13+/m0/s1. The average Bonchev–Trinajstić information content (AvgIpc) is 3.01. The summed E-state index contributed by atoms with van der Waals surface area (Å²) in [5, 5.41) is 4.22. The molecule has 6 heteroatoms. The zero-order chi connectivity index (χ0) is 13.9. The van der Waals surface area contributed by atoms with Gasteiger partial charge in [0.05, 0.1) is 12.1 Å². The number of hydrogen-bond acceptors (Lipinski definition) is 4. The second-order valence-electron chi connectivity index (χ2n) is 5.95. The largest absolute Gasteiger partial charge is 0.339 e. The summed E-state index contributed by atoms with van der Waals surface area (Å²) in [5.74, 6) is 0.303. The number of aromatic nitrogens is 3. The lowest BCUT2D eigenvalue weighted by molar-refractivity contribution is -0.139. The van der Waals surface area contributed by atoms with Gasteiger partial charge in [0, 0.05) is 13.1 Å². The van der Waals surface area contributed by atoms with Crippen molar-refractivity contribution < 1.29 is 4.79 Å². The fourth-order valence-corrected chi connectivity index (χ4v) is 3.37. The molecule has 0 aliphatic carbocycles. The van der Waals surface area contributed by atoms with E-state index < -0.39 is 0 Å². The first-order valence-electron chi connectivity index (χ1n) is 7.59. The first-order chi connectivity index (χ1) is 9.75. The number of carbonyl (C=O) groups is 1. The molecule has 0 spiro atoms. The SMILES string of the molecule is CN1CCCC[C@@H]1C(=O)N1CCC[C@H](n2cncn2)C1. The van der Waals surface area contributed by atoms with Gasteiger partial charge in [-0.2, -0.15) is 5.10 Å². The van der Waals surface area contributed by atoms with Gasteiger partial charge >= 0.3 is 0 Å². The van der Waals surface area contributed by atoms with Gasteiger partial charge in [0.25, 0.3) is 0 Å². The molecule has 2 aliphatic rings. The van der Waals surface area contributed by atoms with Gasteiger partial charge in [-0.15, -0.1) is 0 Å². The van der Waals surface area contributed by atoms with Crippen LogP contribution >= 0.6 is 0 Å². The minimum atomic E-state index is 0.0817. The maximum Gasteiger partial charge on any atom is 0.239 e. The van der Waals surface area contributed by atoms with E-state index in [-0.39, 0.29) is 12.1 Å². The monoisotopic (exact) mass is 277 g/mol. The lowest BCUT2D eigenvalue weighted by Crippen LogP contribution is -2.52. The Kier molecular flexibility index (Phi) is 4.00. The summed E-state index contributed by atoms with van der Waals surface area (Å²) in [7, 11) is 2.07. The van der Waals surface area contributed by atoms with Gasteiger partial charge in [0.2, 0.25) is 5.91 Å². The Balaban J connectivity index is 1.65. The van der Waals surface area contributed by atoms with E-state index in [1.165, 1.54) is 12.8 Å². The highest BCUT2D eigenvalue weighted by molar-refractivity contribution is 5.82. The lowest BCUT2D eigenvalue weighted by atomic mass is 9.99. The highest BCUT2D eigenvalue weighted by Gasteiger charge is 2.32. The van der Waals surface area contributed by atoms with E-state index in [0.717, 1.165) is 38.9 Å². The maximum atomic E-state index is 12.7. The predicted octanol–water partition coefficient (Wildman–Crippen LogP) is 0.926. The number of carbonyl (C=O) groups excluding carboxylic acids is 1. The van der Waals surface area contributed by atoms with E-state index in [9.17, 15) is 4.79 Å². The zero-order valence-electron chi connectivity index (χ0n) is 12.1. The topological polar surface area (TPSA) is 54.3 Å². The summed E-state index contributed by atoms with van der Waals surface area (Å²) in [5.41, 5.74) is 0. The van der Waals surface area contributed by atoms with Crippen molar-refractivity contribution >= 4 is 5.91 Å². The fraction of sp³-hybridized carbons (Fsp3) is 0.786. The van der Waals surface area contributed by atoms with Crippen molar-refractivity contribution in [2.45, 2.75) is 44.2 Å². The third-order valence-corrected chi connectivity index (χ3v) is 4.57. The van der Waals surface area contributed by atoms with E-state index in [0.29, 0.717) is 5.91 Å². The Morgan fingerprint density at radius 1 is 1.20 bits per heavy atom. The molecule has 3 heterocycles. The first kappa shape index (κ1) is 13.5. The molecular formula is C14H23N5O. The fourth-order valence-electron chi connectivity index (χ4n) is 3.37. The van der Waals surface area contributed by atoms with Crippen LogP contribution < -0.4 is 0 Å². The molecule has 2 fully saturated rings. The molecule has 6 nitrogen and oxygen atoms in total. The van der Waals surface area contributed by atoms with Gasteiger partial charge in [-0.05, 0) is 39.3 Å². The Morgan fingerprint density at radius 2 is 2.10 bits per heavy atom. The number of likely N-dealkylation sites (N-methyl/N-ethyl adjacent to an activating group) is 1. The molecule has 0 radical (unpaired) electrons. The lowest BCUT2D eigenvalue weighted by Gasteiger charge is -2.38. The molecule has 0 aromatic carbocycles. The Labute approximate surface area is 119 Å². The molecule has 1 amide bonds. The minimum absolute atomic E-state index is 0.0817. The molecule has 2 atom stereocenters.